The first-order chi connectivity index (χ1) is 9.49. The molecule has 0 spiro atoms. The number of cyclic esters (lactones) is 2. The molecule has 1 heterocycles. The van der Waals surface area contributed by atoms with E-state index < -0.39 is 17.9 Å². The maximum atomic E-state index is 9.92. The van der Waals surface area contributed by atoms with Gasteiger partial charge in [0.15, 0.2) is 0 Å². The van der Waals surface area contributed by atoms with Gasteiger partial charge in [-0.05, 0) is 5.56 Å². The smallest absolute Gasteiger partial charge is 0.338 e. The van der Waals surface area contributed by atoms with Crippen molar-refractivity contribution in [3.63, 3.8) is 0 Å². The van der Waals surface area contributed by atoms with Gasteiger partial charge in [-0.15, -0.1) is 0 Å². The largest absolute Gasteiger partial charge is 0.478 e. The zero-order valence-corrected chi connectivity index (χ0v) is 11.4. The maximum Gasteiger partial charge on any atom is 0.338 e. The Labute approximate surface area is 122 Å². The van der Waals surface area contributed by atoms with Crippen LogP contribution in [-0.4, -0.2) is 23.0 Å². The van der Waals surface area contributed by atoms with Crippen LogP contribution in [0.5, 0.6) is 0 Å². The Balaban J connectivity index is 0. The predicted molar refractivity (Wildman–Crippen MR) is 79.6 cm³/mol. The molecule has 6 heteroatoms. The van der Waals surface area contributed by atoms with Gasteiger partial charge in [0.25, 0.3) is 0 Å². The number of benzene rings is 1. The van der Waals surface area contributed by atoms with Gasteiger partial charge in [-0.3, -0.25) is 0 Å². The van der Waals surface area contributed by atoms with Crippen LogP contribution in [0.4, 0.5) is 0 Å². The summed E-state index contributed by atoms with van der Waals surface area (Å²) >= 11 is 0. The molecular weight excluding hydrogens is 274 g/mol. The summed E-state index contributed by atoms with van der Waals surface area (Å²) in [4.78, 5) is 29.1. The Morgan fingerprint density at radius 3 is 1.67 bits per heavy atom. The van der Waals surface area contributed by atoms with Crippen molar-refractivity contribution in [1.29, 1.82) is 0 Å². The van der Waals surface area contributed by atoms with E-state index in [1.807, 2.05) is 36.4 Å². The van der Waals surface area contributed by atoms with Gasteiger partial charge < -0.3 is 16.0 Å². The van der Waals surface area contributed by atoms with E-state index in [-0.39, 0.29) is 6.15 Å². The van der Waals surface area contributed by atoms with E-state index >= 15 is 0 Å². The van der Waals surface area contributed by atoms with Crippen LogP contribution >= 0.6 is 0 Å². The minimum atomic E-state index is -0.981. The van der Waals surface area contributed by atoms with Gasteiger partial charge in [0, 0.05) is 18.2 Å². The van der Waals surface area contributed by atoms with Crippen LogP contribution in [0.3, 0.4) is 0 Å². The van der Waals surface area contributed by atoms with Gasteiger partial charge in [-0.25, -0.2) is 14.4 Å². The Bertz CT molecular complexity index is 504. The second-order valence-corrected chi connectivity index (χ2v) is 3.23. The molecule has 2 rings (SSSR count). The second-order valence-electron chi connectivity index (χ2n) is 3.23. The molecule has 112 valence electrons. The number of rotatable bonds is 2. The molecule has 4 N–H and O–H groups in total. The average molecular weight is 291 g/mol. The molecule has 0 saturated carbocycles. The van der Waals surface area contributed by atoms with E-state index in [2.05, 4.69) is 17.9 Å². The van der Waals surface area contributed by atoms with Crippen molar-refractivity contribution in [1.82, 2.24) is 6.15 Å². The minimum absolute atomic E-state index is 0. The number of carboxylic acid groups (broad SMARTS) is 1. The number of carbonyl (C=O) groups excluding carboxylic acids is 2. The fraction of sp³-hybridized carbons (Fsp3) is 0. The summed E-state index contributed by atoms with van der Waals surface area (Å²) in [5.74, 6) is -2.14. The lowest BCUT2D eigenvalue weighted by molar-refractivity contribution is -0.150. The second kappa shape index (κ2) is 12.1. The van der Waals surface area contributed by atoms with Crippen LogP contribution in [-0.2, 0) is 19.1 Å². The third-order valence-corrected chi connectivity index (χ3v) is 1.77. The number of hydrogen-bond acceptors (Lipinski definition) is 5. The highest BCUT2D eigenvalue weighted by atomic mass is 16.6. The van der Waals surface area contributed by atoms with Crippen LogP contribution in [0.1, 0.15) is 5.56 Å². The summed E-state index contributed by atoms with van der Waals surface area (Å²) in [5, 5.41) is 7.60. The Kier molecular flexibility index (Phi) is 11.7. The van der Waals surface area contributed by atoms with Crippen LogP contribution in [0.2, 0.25) is 0 Å². The van der Waals surface area contributed by atoms with Crippen LogP contribution in [0, 0.1) is 0 Å². The summed E-state index contributed by atoms with van der Waals surface area (Å²) in [6.45, 7) is 6.59. The highest BCUT2D eigenvalue weighted by molar-refractivity contribution is 6.04. The lowest BCUT2D eigenvalue weighted by Crippen LogP contribution is -1.96. The maximum absolute atomic E-state index is 9.92. The normalized spacial score (nSPS) is 10.7. The minimum Gasteiger partial charge on any atom is -0.478 e. The number of esters is 2. The molecule has 0 amide bonds. The van der Waals surface area contributed by atoms with Crippen molar-refractivity contribution in [2.24, 2.45) is 0 Å². The SMILES string of the molecule is C=CC(=O)O.C=Cc1ccccc1.N.O=C1C=CC(=O)O1. The van der Waals surface area contributed by atoms with Crippen LogP contribution in [0.15, 0.2) is 61.7 Å². The van der Waals surface area contributed by atoms with Crippen molar-refractivity contribution >= 4 is 24.0 Å². The summed E-state index contributed by atoms with van der Waals surface area (Å²) in [5.41, 5.74) is 1.17. The lowest BCUT2D eigenvalue weighted by atomic mass is 10.2. The number of carboxylic acids is 1. The zero-order chi connectivity index (χ0) is 15.4. The van der Waals surface area contributed by atoms with Crippen molar-refractivity contribution in [2.45, 2.75) is 0 Å². The van der Waals surface area contributed by atoms with Crippen LogP contribution in [0.25, 0.3) is 6.08 Å². The quantitative estimate of drug-likeness (QED) is 0.491. The standard InChI is InChI=1S/C8H8.C4H2O3.C3H4O2.H3N/c1-2-8-6-4-3-5-7-8;5-3-1-2-4(6)7-3;1-2-3(4)5;/h2-7H,1H2;1-2H;2H,1H2,(H,4,5);1H3. The van der Waals surface area contributed by atoms with Crippen molar-refractivity contribution in [3.05, 3.63) is 67.3 Å². The fourth-order valence-corrected chi connectivity index (χ4v) is 0.892. The molecule has 0 aromatic heterocycles. The molecule has 0 aliphatic carbocycles. The van der Waals surface area contributed by atoms with Crippen molar-refractivity contribution < 1.29 is 24.2 Å². The highest BCUT2D eigenvalue weighted by Gasteiger charge is 2.10. The Hall–Kier alpha value is -2.99. The predicted octanol–water partition coefficient (Wildman–Crippen LogP) is 2.37. The molecule has 1 aliphatic rings. The van der Waals surface area contributed by atoms with E-state index in [4.69, 9.17) is 5.11 Å². The first kappa shape index (κ1) is 20.3. The first-order valence-electron chi connectivity index (χ1n) is 5.46. The summed E-state index contributed by atoms with van der Waals surface area (Å²) < 4.78 is 3.97. The van der Waals surface area contributed by atoms with E-state index in [1.165, 1.54) is 5.56 Å². The highest BCUT2D eigenvalue weighted by Crippen LogP contribution is 1.97. The number of ether oxygens (including phenoxy) is 1. The van der Waals surface area contributed by atoms with Gasteiger partial charge in [0.2, 0.25) is 0 Å². The van der Waals surface area contributed by atoms with E-state index in [9.17, 15) is 14.4 Å². The fourth-order valence-electron chi connectivity index (χ4n) is 0.892. The number of hydrogen-bond donors (Lipinski definition) is 2. The average Bonchev–Trinajstić information content (AvgIpc) is 2.84. The molecule has 0 atom stereocenters. The lowest BCUT2D eigenvalue weighted by Gasteiger charge is -1.85. The Morgan fingerprint density at radius 1 is 1.05 bits per heavy atom. The zero-order valence-electron chi connectivity index (χ0n) is 11.4. The van der Waals surface area contributed by atoms with E-state index in [0.29, 0.717) is 0 Å². The van der Waals surface area contributed by atoms with Gasteiger partial charge in [-0.2, -0.15) is 0 Å². The molecule has 21 heavy (non-hydrogen) atoms. The van der Waals surface area contributed by atoms with Crippen molar-refractivity contribution in [3.8, 4) is 0 Å². The summed E-state index contributed by atoms with van der Waals surface area (Å²) in [6, 6.07) is 10.0. The van der Waals surface area contributed by atoms with E-state index in [0.717, 1.165) is 18.2 Å². The van der Waals surface area contributed by atoms with Gasteiger partial charge >= 0.3 is 17.9 Å². The first-order valence-corrected chi connectivity index (χ1v) is 5.46. The van der Waals surface area contributed by atoms with Gasteiger partial charge in [0.05, 0.1) is 0 Å². The number of carbonyl (C=O) groups is 3. The molecule has 6 nitrogen and oxygen atoms in total. The monoisotopic (exact) mass is 291 g/mol. The molecule has 0 unspecified atom stereocenters. The van der Waals surface area contributed by atoms with E-state index in [1.54, 1.807) is 0 Å². The van der Waals surface area contributed by atoms with Crippen molar-refractivity contribution in [2.75, 3.05) is 0 Å². The third-order valence-electron chi connectivity index (χ3n) is 1.77. The molecule has 0 radical (unpaired) electrons. The van der Waals surface area contributed by atoms with Crippen LogP contribution < -0.4 is 6.15 Å². The molecule has 0 fully saturated rings. The molecule has 0 bridgehead atoms. The topological polar surface area (TPSA) is 116 Å². The third kappa shape index (κ3) is 11.8. The molecule has 1 aromatic carbocycles. The van der Waals surface area contributed by atoms with Gasteiger partial charge in [-0.1, -0.05) is 49.6 Å². The molecule has 0 saturated heterocycles. The number of aliphatic carboxylic acids is 1. The van der Waals surface area contributed by atoms with Gasteiger partial charge in [0.1, 0.15) is 0 Å². The molecule has 1 aliphatic heterocycles. The summed E-state index contributed by atoms with van der Waals surface area (Å²) in [6.07, 6.45) is 4.84. The molecule has 1 aromatic rings. The molecular formula is C15H17NO5. The summed E-state index contributed by atoms with van der Waals surface area (Å²) in [7, 11) is 0. The Morgan fingerprint density at radius 2 is 1.48 bits per heavy atom.